The van der Waals surface area contributed by atoms with E-state index in [2.05, 4.69) is 19.9 Å². The standard InChI is InChI=1S/C6H6ClN5O2S2/c1-12-2-8-5(4(12)7)16(13,14)11-6-10-9-3-15-6/h2-3H,1H3,(H,10,11). The molecule has 2 heterocycles. The van der Waals surface area contributed by atoms with Crippen LogP contribution in [0.2, 0.25) is 5.15 Å². The summed E-state index contributed by atoms with van der Waals surface area (Å²) < 4.78 is 27.2. The number of aromatic nitrogens is 4. The number of halogens is 1. The van der Waals surface area contributed by atoms with Gasteiger partial charge in [-0.3, -0.25) is 4.72 Å². The zero-order valence-electron chi connectivity index (χ0n) is 7.95. The zero-order valence-corrected chi connectivity index (χ0v) is 10.3. The predicted molar refractivity (Wildman–Crippen MR) is 58.9 cm³/mol. The van der Waals surface area contributed by atoms with Gasteiger partial charge in [0.15, 0.2) is 0 Å². The molecule has 2 rings (SSSR count). The fraction of sp³-hybridized carbons (Fsp3) is 0.167. The SMILES string of the molecule is Cn1cnc(S(=O)(=O)Nc2nncs2)c1Cl. The van der Waals surface area contributed by atoms with E-state index in [0.29, 0.717) is 0 Å². The summed E-state index contributed by atoms with van der Waals surface area (Å²) in [6.45, 7) is 0. The van der Waals surface area contributed by atoms with E-state index >= 15 is 0 Å². The highest BCUT2D eigenvalue weighted by atomic mass is 35.5. The molecule has 2 aromatic rings. The van der Waals surface area contributed by atoms with Gasteiger partial charge in [0.1, 0.15) is 10.7 Å². The van der Waals surface area contributed by atoms with Crippen molar-refractivity contribution in [2.24, 2.45) is 7.05 Å². The van der Waals surface area contributed by atoms with Gasteiger partial charge in [0.25, 0.3) is 10.0 Å². The van der Waals surface area contributed by atoms with Gasteiger partial charge < -0.3 is 4.57 Å². The molecule has 0 unspecified atom stereocenters. The van der Waals surface area contributed by atoms with E-state index in [4.69, 9.17) is 11.6 Å². The summed E-state index contributed by atoms with van der Waals surface area (Å²) in [5.74, 6) is 0. The molecule has 0 aliphatic heterocycles. The Balaban J connectivity index is 2.36. The first-order chi connectivity index (χ1) is 7.50. The molecular formula is C6H6ClN5O2S2. The monoisotopic (exact) mass is 279 g/mol. The van der Waals surface area contributed by atoms with Crippen molar-refractivity contribution in [2.75, 3.05) is 4.72 Å². The molecule has 0 bridgehead atoms. The molecule has 0 radical (unpaired) electrons. The fourth-order valence-corrected chi connectivity index (χ4v) is 3.08. The van der Waals surface area contributed by atoms with Gasteiger partial charge in [-0.2, -0.15) is 8.42 Å². The zero-order chi connectivity index (χ0) is 11.8. The molecule has 1 N–H and O–H groups in total. The predicted octanol–water partition coefficient (Wildman–Crippen LogP) is 0.726. The van der Waals surface area contributed by atoms with Gasteiger partial charge in [-0.1, -0.05) is 22.9 Å². The van der Waals surface area contributed by atoms with Crippen LogP contribution in [0.3, 0.4) is 0 Å². The van der Waals surface area contributed by atoms with E-state index in [1.807, 2.05) is 0 Å². The molecule has 0 saturated heterocycles. The molecular weight excluding hydrogens is 274 g/mol. The van der Waals surface area contributed by atoms with Gasteiger partial charge in [0, 0.05) is 7.05 Å². The Morgan fingerprint density at radius 2 is 2.31 bits per heavy atom. The van der Waals surface area contributed by atoms with Crippen molar-refractivity contribution < 1.29 is 8.42 Å². The Morgan fingerprint density at radius 3 is 2.81 bits per heavy atom. The average Bonchev–Trinajstić information content (AvgIpc) is 2.78. The van der Waals surface area contributed by atoms with Crippen LogP contribution in [0.25, 0.3) is 0 Å². The van der Waals surface area contributed by atoms with Crippen molar-refractivity contribution in [1.82, 2.24) is 19.7 Å². The van der Waals surface area contributed by atoms with Crippen LogP contribution in [-0.2, 0) is 17.1 Å². The summed E-state index contributed by atoms with van der Waals surface area (Å²) in [6.07, 6.45) is 1.32. The van der Waals surface area contributed by atoms with Gasteiger partial charge >= 0.3 is 0 Å². The number of rotatable bonds is 3. The lowest BCUT2D eigenvalue weighted by Crippen LogP contribution is -2.13. The number of aryl methyl sites for hydroxylation is 1. The molecule has 10 heteroatoms. The summed E-state index contributed by atoms with van der Waals surface area (Å²) in [6, 6.07) is 0. The molecule has 2 aromatic heterocycles. The third-order valence-electron chi connectivity index (χ3n) is 1.67. The Hall–Kier alpha value is -1.19. The van der Waals surface area contributed by atoms with Crippen molar-refractivity contribution in [3.05, 3.63) is 17.0 Å². The van der Waals surface area contributed by atoms with E-state index in [0.717, 1.165) is 11.3 Å². The van der Waals surface area contributed by atoms with E-state index in [9.17, 15) is 8.42 Å². The van der Waals surface area contributed by atoms with Gasteiger partial charge in [-0.25, -0.2) is 4.98 Å². The van der Waals surface area contributed by atoms with Crippen LogP contribution in [0.4, 0.5) is 5.13 Å². The van der Waals surface area contributed by atoms with E-state index in [-0.39, 0.29) is 15.3 Å². The molecule has 86 valence electrons. The van der Waals surface area contributed by atoms with Crippen molar-refractivity contribution in [2.45, 2.75) is 5.03 Å². The Morgan fingerprint density at radius 1 is 1.56 bits per heavy atom. The van der Waals surface area contributed by atoms with Crippen LogP contribution in [-0.4, -0.2) is 28.2 Å². The number of anilines is 1. The topological polar surface area (TPSA) is 89.8 Å². The van der Waals surface area contributed by atoms with Gasteiger partial charge in [0.05, 0.1) is 6.33 Å². The molecule has 0 fully saturated rings. The van der Waals surface area contributed by atoms with Gasteiger partial charge in [-0.15, -0.1) is 10.2 Å². The van der Waals surface area contributed by atoms with Crippen molar-refractivity contribution in [1.29, 1.82) is 0 Å². The second-order valence-electron chi connectivity index (χ2n) is 2.80. The second-order valence-corrected chi connectivity index (χ2v) is 5.59. The van der Waals surface area contributed by atoms with Crippen molar-refractivity contribution in [3.8, 4) is 0 Å². The van der Waals surface area contributed by atoms with Crippen molar-refractivity contribution >= 4 is 38.1 Å². The third kappa shape index (κ3) is 2.01. The number of nitrogens with zero attached hydrogens (tertiary/aromatic N) is 4. The van der Waals surface area contributed by atoms with Gasteiger partial charge in [-0.05, 0) is 0 Å². The number of imidazole rings is 1. The molecule has 0 aliphatic carbocycles. The second kappa shape index (κ2) is 4.00. The lowest BCUT2D eigenvalue weighted by molar-refractivity contribution is 0.598. The van der Waals surface area contributed by atoms with Gasteiger partial charge in [0.2, 0.25) is 10.2 Å². The number of sulfonamides is 1. The Bertz CT molecular complexity index is 590. The minimum Gasteiger partial charge on any atom is -0.324 e. The molecule has 0 atom stereocenters. The molecule has 0 aromatic carbocycles. The first-order valence-corrected chi connectivity index (χ1v) is 6.70. The molecule has 0 spiro atoms. The first kappa shape index (κ1) is 11.3. The summed E-state index contributed by atoms with van der Waals surface area (Å²) >= 11 is 6.85. The van der Waals surface area contributed by atoms with Crippen LogP contribution < -0.4 is 4.72 Å². The number of hydrogen-bond donors (Lipinski definition) is 1. The van der Waals surface area contributed by atoms with E-state index in [1.54, 1.807) is 7.05 Å². The summed E-state index contributed by atoms with van der Waals surface area (Å²) in [5, 5.41) is 7.05. The molecule has 0 amide bonds. The maximum Gasteiger partial charge on any atom is 0.284 e. The fourth-order valence-electron chi connectivity index (χ4n) is 0.955. The third-order valence-corrected chi connectivity index (χ3v) is 4.23. The highest BCUT2D eigenvalue weighted by molar-refractivity contribution is 7.93. The average molecular weight is 280 g/mol. The van der Waals surface area contributed by atoms with E-state index < -0.39 is 10.0 Å². The number of hydrogen-bond acceptors (Lipinski definition) is 6. The highest BCUT2D eigenvalue weighted by Crippen LogP contribution is 2.21. The van der Waals surface area contributed by atoms with Crippen molar-refractivity contribution in [3.63, 3.8) is 0 Å². The molecule has 0 saturated carbocycles. The number of nitrogens with one attached hydrogen (secondary N) is 1. The molecule has 0 aliphatic rings. The quantitative estimate of drug-likeness (QED) is 0.894. The summed E-state index contributed by atoms with van der Waals surface area (Å²) in [5.41, 5.74) is 1.41. The maximum atomic E-state index is 11.8. The lowest BCUT2D eigenvalue weighted by Gasteiger charge is -2.01. The largest absolute Gasteiger partial charge is 0.324 e. The first-order valence-electron chi connectivity index (χ1n) is 3.96. The lowest BCUT2D eigenvalue weighted by atomic mass is 10.9. The highest BCUT2D eigenvalue weighted by Gasteiger charge is 2.23. The maximum absolute atomic E-state index is 11.8. The smallest absolute Gasteiger partial charge is 0.284 e. The van der Waals surface area contributed by atoms with Crippen LogP contribution >= 0.6 is 22.9 Å². The van der Waals surface area contributed by atoms with Crippen LogP contribution in [0, 0.1) is 0 Å². The Labute approximate surface area is 100 Å². The molecule has 16 heavy (non-hydrogen) atoms. The minimum atomic E-state index is -3.80. The van der Waals surface area contributed by atoms with Crippen LogP contribution in [0.1, 0.15) is 0 Å². The van der Waals surface area contributed by atoms with Crippen LogP contribution in [0.5, 0.6) is 0 Å². The summed E-state index contributed by atoms with van der Waals surface area (Å²) in [7, 11) is -2.20. The Kier molecular flexibility index (Phi) is 2.82. The van der Waals surface area contributed by atoms with Crippen LogP contribution in [0.15, 0.2) is 16.9 Å². The molecule has 7 nitrogen and oxygen atoms in total. The summed E-state index contributed by atoms with van der Waals surface area (Å²) in [4.78, 5) is 3.70. The normalized spacial score (nSPS) is 11.6. The minimum absolute atomic E-state index is 0.0389. The van der Waals surface area contributed by atoms with E-state index in [1.165, 1.54) is 16.4 Å².